The topological polar surface area (TPSA) is 46.5 Å². The molecule has 0 bridgehead atoms. The van der Waals surface area contributed by atoms with Gasteiger partial charge in [-0.2, -0.15) is 0 Å². The Morgan fingerprint density at radius 1 is 1.00 bits per heavy atom. The van der Waals surface area contributed by atoms with E-state index in [1.54, 1.807) is 24.3 Å². The second kappa shape index (κ2) is 8.72. The zero-order valence-electron chi connectivity index (χ0n) is 14.9. The molecule has 1 N–H and O–H groups in total. The van der Waals surface area contributed by atoms with Crippen LogP contribution in [0.5, 0.6) is 5.75 Å². The van der Waals surface area contributed by atoms with Crippen LogP contribution in [0.1, 0.15) is 56.8 Å². The molecule has 1 atom stereocenters. The van der Waals surface area contributed by atoms with Gasteiger partial charge in [0, 0.05) is 0 Å². The number of carbonyl (C=O) groups is 1. The lowest BCUT2D eigenvalue weighted by Crippen LogP contribution is -2.09. The number of carbonyl (C=O) groups excluding carboxylic acids is 1. The molecule has 130 valence electrons. The molecule has 0 amide bonds. The number of esters is 1. The van der Waals surface area contributed by atoms with Crippen LogP contribution in [-0.4, -0.2) is 17.7 Å². The molecule has 2 aromatic carbocycles. The van der Waals surface area contributed by atoms with Gasteiger partial charge in [-0.15, -0.1) is 0 Å². The fraction of sp³-hybridized carbons (Fsp3) is 0.476. The molecular formula is C21H28O3. The number of aromatic hydroxyl groups is 1. The van der Waals surface area contributed by atoms with Gasteiger partial charge in [0.15, 0.2) is 0 Å². The highest BCUT2D eigenvalue weighted by atomic mass is 16.5. The molecule has 0 aliphatic carbocycles. The molecule has 0 fully saturated rings. The molecule has 0 aliphatic heterocycles. The smallest absolute Gasteiger partial charge is 0.338 e. The molecule has 0 radical (unpaired) electrons. The highest BCUT2D eigenvalue weighted by molar-refractivity contribution is 5.95. The normalized spacial score (nSPS) is 12.5. The van der Waals surface area contributed by atoms with Gasteiger partial charge in [0.1, 0.15) is 5.75 Å². The quantitative estimate of drug-likeness (QED) is 0.646. The summed E-state index contributed by atoms with van der Waals surface area (Å²) in [6.45, 7) is 7.18. The Labute approximate surface area is 144 Å². The Hall–Kier alpha value is -2.03. The van der Waals surface area contributed by atoms with Crippen LogP contribution >= 0.6 is 0 Å². The number of phenolic OH excluding ortho intramolecular Hbond substituents is 1. The summed E-state index contributed by atoms with van der Waals surface area (Å²) in [6.07, 6.45) is 4.60. The summed E-state index contributed by atoms with van der Waals surface area (Å²) in [5, 5.41) is 11.3. The number of phenols is 1. The summed E-state index contributed by atoms with van der Waals surface area (Å²) >= 11 is 0. The third kappa shape index (κ3) is 5.55. The van der Waals surface area contributed by atoms with Gasteiger partial charge in [0.05, 0.1) is 12.2 Å². The van der Waals surface area contributed by atoms with Crippen molar-refractivity contribution in [1.82, 2.24) is 0 Å². The largest absolute Gasteiger partial charge is 0.508 e. The number of rotatable bonds is 8. The minimum absolute atomic E-state index is 0.226. The van der Waals surface area contributed by atoms with Crippen molar-refractivity contribution in [2.24, 2.45) is 11.8 Å². The highest BCUT2D eigenvalue weighted by Crippen LogP contribution is 2.21. The molecule has 3 heteroatoms. The molecule has 0 spiro atoms. The van der Waals surface area contributed by atoms with Gasteiger partial charge in [-0.05, 0) is 53.3 Å². The van der Waals surface area contributed by atoms with Crippen LogP contribution in [0.3, 0.4) is 0 Å². The van der Waals surface area contributed by atoms with Crippen molar-refractivity contribution in [2.45, 2.75) is 46.5 Å². The average molecular weight is 328 g/mol. The predicted molar refractivity (Wildman–Crippen MR) is 98.4 cm³/mol. The average Bonchev–Trinajstić information content (AvgIpc) is 2.53. The van der Waals surface area contributed by atoms with E-state index >= 15 is 0 Å². The van der Waals surface area contributed by atoms with Crippen molar-refractivity contribution >= 4 is 16.7 Å². The monoisotopic (exact) mass is 328 g/mol. The van der Waals surface area contributed by atoms with Gasteiger partial charge < -0.3 is 9.84 Å². The van der Waals surface area contributed by atoms with E-state index in [1.165, 1.54) is 19.3 Å². The first-order valence-corrected chi connectivity index (χ1v) is 8.85. The second-order valence-corrected chi connectivity index (χ2v) is 7.10. The van der Waals surface area contributed by atoms with Crippen molar-refractivity contribution in [3.05, 3.63) is 42.0 Å². The number of fused-ring (bicyclic) bond motifs is 1. The Kier molecular flexibility index (Phi) is 6.65. The lowest BCUT2D eigenvalue weighted by molar-refractivity contribution is 0.0484. The first-order chi connectivity index (χ1) is 11.5. The number of hydrogen-bond acceptors (Lipinski definition) is 3. The Morgan fingerprint density at radius 3 is 2.46 bits per heavy atom. The maximum Gasteiger partial charge on any atom is 0.338 e. The third-order valence-electron chi connectivity index (χ3n) is 4.38. The van der Waals surface area contributed by atoms with Crippen molar-refractivity contribution < 1.29 is 14.6 Å². The summed E-state index contributed by atoms with van der Waals surface area (Å²) in [4.78, 5) is 12.2. The summed E-state index contributed by atoms with van der Waals surface area (Å²) in [6, 6.07) is 10.5. The summed E-state index contributed by atoms with van der Waals surface area (Å²) < 4.78 is 5.41. The first kappa shape index (κ1) is 18.3. The van der Waals surface area contributed by atoms with Crippen LogP contribution in [0.4, 0.5) is 0 Å². The van der Waals surface area contributed by atoms with Crippen LogP contribution in [0, 0.1) is 11.8 Å². The third-order valence-corrected chi connectivity index (χ3v) is 4.38. The molecule has 0 saturated carbocycles. The van der Waals surface area contributed by atoms with Gasteiger partial charge >= 0.3 is 5.97 Å². The molecule has 0 aromatic heterocycles. The van der Waals surface area contributed by atoms with E-state index in [0.29, 0.717) is 18.1 Å². The summed E-state index contributed by atoms with van der Waals surface area (Å²) in [5.41, 5.74) is 0.556. The van der Waals surface area contributed by atoms with Crippen LogP contribution in [0.25, 0.3) is 10.8 Å². The van der Waals surface area contributed by atoms with E-state index in [1.807, 2.05) is 12.1 Å². The maximum atomic E-state index is 12.2. The van der Waals surface area contributed by atoms with Crippen LogP contribution in [0.2, 0.25) is 0 Å². The lowest BCUT2D eigenvalue weighted by Gasteiger charge is -2.12. The van der Waals surface area contributed by atoms with Crippen molar-refractivity contribution in [2.75, 3.05) is 6.61 Å². The van der Waals surface area contributed by atoms with Gasteiger partial charge in [0.2, 0.25) is 0 Å². The number of ether oxygens (including phenoxy) is 1. The molecule has 0 heterocycles. The fourth-order valence-electron chi connectivity index (χ4n) is 2.82. The molecule has 0 aliphatic rings. The van der Waals surface area contributed by atoms with Crippen molar-refractivity contribution in [3.8, 4) is 5.75 Å². The van der Waals surface area contributed by atoms with E-state index < -0.39 is 0 Å². The SMILES string of the molecule is CC(C)CCC[C@H](C)CCOC(=O)c1ccc2cc(O)ccc2c1. The molecule has 0 saturated heterocycles. The molecule has 0 unspecified atom stereocenters. The van der Waals surface area contributed by atoms with Crippen LogP contribution in [-0.2, 0) is 4.74 Å². The molecule has 24 heavy (non-hydrogen) atoms. The van der Waals surface area contributed by atoms with E-state index in [-0.39, 0.29) is 11.7 Å². The molecule has 2 rings (SSSR count). The zero-order valence-corrected chi connectivity index (χ0v) is 14.9. The predicted octanol–water partition coefficient (Wildman–Crippen LogP) is 5.55. The molecule has 3 nitrogen and oxygen atoms in total. The Balaban J connectivity index is 1.81. The standard InChI is InChI=1S/C21H28O3/c1-15(2)5-4-6-16(3)11-12-24-21(23)19-8-7-18-14-20(22)10-9-17(18)13-19/h7-10,13-16,22H,4-6,11-12H2,1-3H3/t16-/m0/s1. The molecule has 2 aromatic rings. The minimum Gasteiger partial charge on any atom is -0.508 e. The van der Waals surface area contributed by atoms with Crippen LogP contribution < -0.4 is 0 Å². The van der Waals surface area contributed by atoms with Crippen molar-refractivity contribution in [1.29, 1.82) is 0 Å². The Bertz CT molecular complexity index is 676. The van der Waals surface area contributed by atoms with Gasteiger partial charge in [-0.3, -0.25) is 0 Å². The van der Waals surface area contributed by atoms with E-state index in [2.05, 4.69) is 20.8 Å². The number of hydrogen-bond donors (Lipinski definition) is 1. The zero-order chi connectivity index (χ0) is 17.5. The fourth-order valence-corrected chi connectivity index (χ4v) is 2.82. The summed E-state index contributed by atoms with van der Waals surface area (Å²) in [5.74, 6) is 1.28. The Morgan fingerprint density at radius 2 is 1.71 bits per heavy atom. The van der Waals surface area contributed by atoms with Gasteiger partial charge in [-0.25, -0.2) is 4.79 Å². The van der Waals surface area contributed by atoms with Gasteiger partial charge in [-0.1, -0.05) is 52.2 Å². The van der Waals surface area contributed by atoms with Gasteiger partial charge in [0.25, 0.3) is 0 Å². The summed E-state index contributed by atoms with van der Waals surface area (Å²) in [7, 11) is 0. The van der Waals surface area contributed by atoms with E-state index in [0.717, 1.165) is 23.1 Å². The first-order valence-electron chi connectivity index (χ1n) is 8.85. The minimum atomic E-state index is -0.278. The second-order valence-electron chi connectivity index (χ2n) is 7.10. The van der Waals surface area contributed by atoms with Crippen molar-refractivity contribution in [3.63, 3.8) is 0 Å². The maximum absolute atomic E-state index is 12.2. The van der Waals surface area contributed by atoms with E-state index in [4.69, 9.17) is 4.74 Å². The molecular weight excluding hydrogens is 300 g/mol. The van der Waals surface area contributed by atoms with E-state index in [9.17, 15) is 9.90 Å². The lowest BCUT2D eigenvalue weighted by atomic mass is 9.98. The number of benzene rings is 2. The highest BCUT2D eigenvalue weighted by Gasteiger charge is 2.10. The van der Waals surface area contributed by atoms with Crippen LogP contribution in [0.15, 0.2) is 36.4 Å².